The highest BCUT2D eigenvalue weighted by Gasteiger charge is 2.03. The molecule has 0 heterocycles. The van der Waals surface area contributed by atoms with Crippen molar-refractivity contribution in [2.75, 3.05) is 46.9 Å². The molecule has 6 heteroatoms. The van der Waals surface area contributed by atoms with Crippen LogP contribution in [0, 0.1) is 0 Å². The van der Waals surface area contributed by atoms with Crippen LogP contribution in [-0.4, -0.2) is 63.7 Å². The van der Waals surface area contributed by atoms with Crippen LogP contribution < -0.4 is 10.6 Å². The van der Waals surface area contributed by atoms with Crippen LogP contribution in [0.3, 0.4) is 0 Å². The lowest BCUT2D eigenvalue weighted by Crippen LogP contribution is -2.39. The lowest BCUT2D eigenvalue weighted by Gasteiger charge is -2.12. The molecule has 0 aromatic rings. The normalized spacial score (nSPS) is 11.1. The maximum atomic E-state index is 11.5. The fourth-order valence-corrected chi connectivity index (χ4v) is 1.31. The van der Waals surface area contributed by atoms with E-state index in [-0.39, 0.29) is 12.5 Å². The van der Waals surface area contributed by atoms with Gasteiger partial charge in [0.15, 0.2) is 5.96 Å². The maximum Gasteiger partial charge on any atom is 0.243 e. The lowest BCUT2D eigenvalue weighted by molar-refractivity contribution is -0.127. The van der Waals surface area contributed by atoms with E-state index in [4.69, 9.17) is 4.74 Å². The third-order valence-corrected chi connectivity index (χ3v) is 2.50. The number of ether oxygens (including phenoxy) is 1. The molecule has 2 N–H and O–H groups in total. The minimum absolute atomic E-state index is 0.0268. The van der Waals surface area contributed by atoms with Gasteiger partial charge in [-0.15, -0.1) is 6.58 Å². The van der Waals surface area contributed by atoms with E-state index in [9.17, 15) is 4.79 Å². The van der Waals surface area contributed by atoms with E-state index >= 15 is 0 Å². The number of likely N-dealkylation sites (N-methyl/N-ethyl adjacent to an activating group) is 1. The number of hydrogen-bond donors (Lipinski definition) is 2. The predicted octanol–water partition coefficient (Wildman–Crippen LogP) is 0.613. The first-order valence-corrected chi connectivity index (χ1v) is 7.02. The average Bonchev–Trinajstić information content (AvgIpc) is 2.44. The molecule has 0 aliphatic carbocycles. The molecule has 116 valence electrons. The highest BCUT2D eigenvalue weighted by Crippen LogP contribution is 1.89. The topological polar surface area (TPSA) is 66.0 Å². The first-order chi connectivity index (χ1) is 9.61. The molecule has 20 heavy (non-hydrogen) atoms. The summed E-state index contributed by atoms with van der Waals surface area (Å²) >= 11 is 0. The quantitative estimate of drug-likeness (QED) is 0.267. The number of carbonyl (C=O) groups is 1. The number of hydrogen-bond acceptors (Lipinski definition) is 3. The van der Waals surface area contributed by atoms with Crippen LogP contribution >= 0.6 is 0 Å². The van der Waals surface area contributed by atoms with E-state index in [0.717, 1.165) is 32.6 Å². The van der Waals surface area contributed by atoms with E-state index in [1.807, 2.05) is 6.92 Å². The zero-order valence-electron chi connectivity index (χ0n) is 12.9. The first-order valence-electron chi connectivity index (χ1n) is 7.02. The Balaban J connectivity index is 4.03. The van der Waals surface area contributed by atoms with Gasteiger partial charge in [-0.3, -0.25) is 4.79 Å². The smallest absolute Gasteiger partial charge is 0.243 e. The molecule has 0 radical (unpaired) electrons. The van der Waals surface area contributed by atoms with Gasteiger partial charge in [-0.25, -0.2) is 4.99 Å². The van der Waals surface area contributed by atoms with E-state index in [0.29, 0.717) is 12.5 Å². The molecule has 0 spiro atoms. The van der Waals surface area contributed by atoms with Crippen LogP contribution in [0.25, 0.3) is 0 Å². The van der Waals surface area contributed by atoms with Gasteiger partial charge in [0, 0.05) is 40.4 Å². The Bertz CT molecular complexity index is 304. The van der Waals surface area contributed by atoms with Crippen molar-refractivity contribution >= 4 is 11.9 Å². The van der Waals surface area contributed by atoms with Gasteiger partial charge in [0.05, 0.1) is 0 Å². The van der Waals surface area contributed by atoms with Crippen LogP contribution in [-0.2, 0) is 9.53 Å². The molecule has 0 bridgehead atoms. The summed E-state index contributed by atoms with van der Waals surface area (Å²) in [5.74, 6) is 0.609. The van der Waals surface area contributed by atoms with Crippen molar-refractivity contribution in [3.63, 3.8) is 0 Å². The van der Waals surface area contributed by atoms with Gasteiger partial charge in [0.25, 0.3) is 0 Å². The van der Waals surface area contributed by atoms with Gasteiger partial charge in [-0.2, -0.15) is 0 Å². The average molecular weight is 284 g/mol. The van der Waals surface area contributed by atoms with E-state index in [2.05, 4.69) is 22.2 Å². The molecular formula is C14H28N4O2. The molecule has 1 amide bonds. The molecule has 0 aromatic carbocycles. The monoisotopic (exact) mass is 284 g/mol. The molecule has 0 unspecified atom stereocenters. The largest absolute Gasteiger partial charge is 0.382 e. The summed E-state index contributed by atoms with van der Waals surface area (Å²) in [6, 6.07) is 0. The van der Waals surface area contributed by atoms with Crippen molar-refractivity contribution < 1.29 is 9.53 Å². The number of aliphatic imine (C=N–C) groups is 1. The number of unbranched alkanes of at least 4 members (excludes halogenated alkanes) is 1. The highest BCUT2D eigenvalue weighted by molar-refractivity contribution is 5.84. The molecule has 0 saturated heterocycles. The van der Waals surface area contributed by atoms with Crippen LogP contribution in [0.15, 0.2) is 17.6 Å². The summed E-state index contributed by atoms with van der Waals surface area (Å²) in [6.45, 7) is 8.73. The van der Waals surface area contributed by atoms with Gasteiger partial charge in [-0.1, -0.05) is 6.08 Å². The fourth-order valence-electron chi connectivity index (χ4n) is 1.31. The van der Waals surface area contributed by atoms with Crippen molar-refractivity contribution in [1.82, 2.24) is 15.5 Å². The Hall–Kier alpha value is -1.56. The summed E-state index contributed by atoms with van der Waals surface area (Å²) in [6.07, 6.45) is 3.75. The van der Waals surface area contributed by atoms with E-state index < -0.39 is 0 Å². The minimum Gasteiger partial charge on any atom is -0.382 e. The molecule has 0 aliphatic rings. The van der Waals surface area contributed by atoms with Crippen LogP contribution in [0.2, 0.25) is 0 Å². The van der Waals surface area contributed by atoms with Crippen molar-refractivity contribution in [2.45, 2.75) is 19.8 Å². The Morgan fingerprint density at radius 3 is 2.70 bits per heavy atom. The zero-order valence-corrected chi connectivity index (χ0v) is 12.9. The fraction of sp³-hybridized carbons (Fsp3) is 0.714. The number of nitrogens with one attached hydrogen (secondary N) is 2. The maximum absolute atomic E-state index is 11.5. The standard InChI is InChI=1S/C14H28N4O2/c1-5-9-15-14(17-12-13(19)18(3)4)16-10-7-8-11-20-6-2/h5H,1,6-12H2,2-4H3,(H2,15,16,17). The van der Waals surface area contributed by atoms with Crippen LogP contribution in [0.4, 0.5) is 0 Å². The summed E-state index contributed by atoms with van der Waals surface area (Å²) in [5.41, 5.74) is 0. The van der Waals surface area contributed by atoms with Crippen molar-refractivity contribution in [1.29, 1.82) is 0 Å². The second-order valence-electron chi connectivity index (χ2n) is 4.45. The summed E-state index contributed by atoms with van der Waals surface area (Å²) in [7, 11) is 3.44. The van der Waals surface area contributed by atoms with Gasteiger partial charge in [0.1, 0.15) is 6.54 Å². The molecule has 0 saturated carbocycles. The van der Waals surface area contributed by atoms with Crippen LogP contribution in [0.1, 0.15) is 19.8 Å². The summed E-state index contributed by atoms with van der Waals surface area (Å²) in [4.78, 5) is 17.3. The second kappa shape index (κ2) is 12.5. The molecule has 0 aromatic heterocycles. The third kappa shape index (κ3) is 10.4. The second-order valence-corrected chi connectivity index (χ2v) is 4.45. The number of nitrogens with zero attached hydrogens (tertiary/aromatic N) is 2. The number of guanidine groups is 1. The molecule has 0 aliphatic heterocycles. The van der Waals surface area contributed by atoms with Crippen molar-refractivity contribution in [3.05, 3.63) is 12.7 Å². The number of rotatable bonds is 10. The molecule has 0 atom stereocenters. The Morgan fingerprint density at radius 1 is 1.35 bits per heavy atom. The Kier molecular flexibility index (Phi) is 11.5. The minimum atomic E-state index is -0.0268. The zero-order chi connectivity index (χ0) is 15.2. The predicted molar refractivity (Wildman–Crippen MR) is 82.9 cm³/mol. The van der Waals surface area contributed by atoms with E-state index in [1.54, 1.807) is 20.2 Å². The van der Waals surface area contributed by atoms with Crippen molar-refractivity contribution in [2.24, 2.45) is 4.99 Å². The highest BCUT2D eigenvalue weighted by atomic mass is 16.5. The van der Waals surface area contributed by atoms with Gasteiger partial charge >= 0.3 is 0 Å². The number of amides is 1. The van der Waals surface area contributed by atoms with Crippen LogP contribution in [0.5, 0.6) is 0 Å². The molecule has 0 fully saturated rings. The lowest BCUT2D eigenvalue weighted by atomic mass is 10.3. The van der Waals surface area contributed by atoms with Gasteiger partial charge < -0.3 is 20.3 Å². The van der Waals surface area contributed by atoms with E-state index in [1.165, 1.54) is 4.90 Å². The van der Waals surface area contributed by atoms with Gasteiger partial charge in [0.2, 0.25) is 5.91 Å². The summed E-state index contributed by atoms with van der Waals surface area (Å²) in [5, 5.41) is 6.28. The molecule has 6 nitrogen and oxygen atoms in total. The third-order valence-electron chi connectivity index (χ3n) is 2.50. The first kappa shape index (κ1) is 18.4. The Morgan fingerprint density at radius 2 is 2.10 bits per heavy atom. The van der Waals surface area contributed by atoms with Crippen molar-refractivity contribution in [3.8, 4) is 0 Å². The summed E-state index contributed by atoms with van der Waals surface area (Å²) < 4.78 is 5.27. The number of carbonyl (C=O) groups excluding carboxylic acids is 1. The molecular weight excluding hydrogens is 256 g/mol. The Labute approximate surface area is 122 Å². The molecule has 0 rings (SSSR count). The van der Waals surface area contributed by atoms with Gasteiger partial charge in [-0.05, 0) is 19.8 Å². The SMILES string of the molecule is C=CCNC(=NCC(=O)N(C)C)NCCCCOCC.